The minimum absolute atomic E-state index is 0.233. The lowest BCUT2D eigenvalue weighted by Gasteiger charge is -2.38. The van der Waals surface area contributed by atoms with Crippen molar-refractivity contribution in [3.8, 4) is 0 Å². The summed E-state index contributed by atoms with van der Waals surface area (Å²) in [6, 6.07) is 0. The van der Waals surface area contributed by atoms with Crippen LogP contribution in [0.1, 0.15) is 11.9 Å². The van der Waals surface area contributed by atoms with E-state index in [1.807, 2.05) is 0 Å². The number of hydrogen-bond donors (Lipinski definition) is 5. The zero-order chi connectivity index (χ0) is 11.7. The molecule has 0 aromatic carbocycles. The summed E-state index contributed by atoms with van der Waals surface area (Å²) in [7, 11) is 0. The molecule has 8 heteroatoms. The standard InChI is InChI=1S/C8H13N3O5/c12-1-3-4(13)5(14)6(15)7(16-3)8-9-2-10-11-8/h2-7,12-15H,1H2,(H,9,10,11)/t3-,4+,5+,6-,7-/m1/s1. The molecule has 5 atom stereocenters. The van der Waals surface area contributed by atoms with Crippen LogP contribution in [0.25, 0.3) is 0 Å². The summed E-state index contributed by atoms with van der Waals surface area (Å²) in [5.41, 5.74) is 0. The van der Waals surface area contributed by atoms with Gasteiger partial charge in [-0.1, -0.05) is 0 Å². The molecule has 0 spiro atoms. The van der Waals surface area contributed by atoms with Gasteiger partial charge in [0.15, 0.2) is 5.82 Å². The maximum Gasteiger partial charge on any atom is 0.156 e. The van der Waals surface area contributed by atoms with Crippen LogP contribution in [0.3, 0.4) is 0 Å². The number of nitrogens with zero attached hydrogens (tertiary/aromatic N) is 2. The van der Waals surface area contributed by atoms with Gasteiger partial charge in [-0.15, -0.1) is 0 Å². The third-order valence-corrected chi connectivity index (χ3v) is 2.60. The normalized spacial score (nSPS) is 39.9. The molecule has 2 rings (SSSR count). The van der Waals surface area contributed by atoms with Crippen LogP contribution in [-0.4, -0.2) is 66.6 Å². The van der Waals surface area contributed by atoms with Crippen molar-refractivity contribution in [1.82, 2.24) is 15.2 Å². The highest BCUT2D eigenvalue weighted by atomic mass is 16.5. The maximum atomic E-state index is 9.69. The second kappa shape index (κ2) is 4.44. The van der Waals surface area contributed by atoms with Crippen molar-refractivity contribution in [3.63, 3.8) is 0 Å². The molecule has 1 aromatic rings. The Kier molecular flexibility index (Phi) is 3.17. The zero-order valence-corrected chi connectivity index (χ0v) is 8.26. The number of aromatic nitrogens is 3. The van der Waals surface area contributed by atoms with Crippen LogP contribution in [0, 0.1) is 0 Å². The van der Waals surface area contributed by atoms with Gasteiger partial charge >= 0.3 is 0 Å². The minimum atomic E-state index is -1.40. The maximum absolute atomic E-state index is 9.69. The van der Waals surface area contributed by atoms with E-state index in [0.717, 1.165) is 0 Å². The van der Waals surface area contributed by atoms with Gasteiger partial charge in [0, 0.05) is 0 Å². The summed E-state index contributed by atoms with van der Waals surface area (Å²) in [6.07, 6.45) is -4.74. The molecule has 0 bridgehead atoms. The lowest BCUT2D eigenvalue weighted by Crippen LogP contribution is -2.55. The van der Waals surface area contributed by atoms with E-state index < -0.39 is 37.1 Å². The predicted molar refractivity (Wildman–Crippen MR) is 49.1 cm³/mol. The molecule has 1 aromatic heterocycles. The van der Waals surface area contributed by atoms with Gasteiger partial charge in [0.05, 0.1) is 6.61 Å². The van der Waals surface area contributed by atoms with Crippen molar-refractivity contribution in [2.24, 2.45) is 0 Å². The number of aromatic amines is 1. The van der Waals surface area contributed by atoms with Crippen molar-refractivity contribution in [1.29, 1.82) is 0 Å². The van der Waals surface area contributed by atoms with Crippen LogP contribution in [0.5, 0.6) is 0 Å². The van der Waals surface area contributed by atoms with Crippen molar-refractivity contribution < 1.29 is 25.2 Å². The van der Waals surface area contributed by atoms with E-state index in [1.54, 1.807) is 0 Å². The van der Waals surface area contributed by atoms with Crippen molar-refractivity contribution in [2.75, 3.05) is 6.61 Å². The van der Waals surface area contributed by atoms with Gasteiger partial charge in [-0.05, 0) is 0 Å². The molecule has 0 amide bonds. The highest BCUT2D eigenvalue weighted by Crippen LogP contribution is 2.29. The Morgan fingerprint density at radius 2 is 2.00 bits per heavy atom. The molecule has 5 N–H and O–H groups in total. The van der Waals surface area contributed by atoms with Crippen molar-refractivity contribution in [2.45, 2.75) is 30.5 Å². The first kappa shape index (κ1) is 11.4. The third kappa shape index (κ3) is 1.81. The van der Waals surface area contributed by atoms with Crippen LogP contribution < -0.4 is 0 Å². The van der Waals surface area contributed by atoms with Crippen molar-refractivity contribution in [3.05, 3.63) is 12.2 Å². The Bertz CT molecular complexity index is 330. The van der Waals surface area contributed by atoms with Gasteiger partial charge < -0.3 is 25.2 Å². The minimum Gasteiger partial charge on any atom is -0.394 e. The monoisotopic (exact) mass is 231 g/mol. The third-order valence-electron chi connectivity index (χ3n) is 2.60. The van der Waals surface area contributed by atoms with Crippen LogP contribution in [0.15, 0.2) is 6.33 Å². The topological polar surface area (TPSA) is 132 Å². The Morgan fingerprint density at radius 3 is 2.56 bits per heavy atom. The summed E-state index contributed by atoms with van der Waals surface area (Å²) >= 11 is 0. The molecule has 90 valence electrons. The highest BCUT2D eigenvalue weighted by Gasteiger charge is 2.45. The fourth-order valence-corrected chi connectivity index (χ4v) is 1.68. The second-order valence-corrected chi connectivity index (χ2v) is 3.62. The Morgan fingerprint density at radius 1 is 1.25 bits per heavy atom. The van der Waals surface area contributed by atoms with Crippen LogP contribution in [0.4, 0.5) is 0 Å². The molecule has 1 aliphatic heterocycles. The summed E-state index contributed by atoms with van der Waals surface area (Å²) in [4.78, 5) is 3.79. The van der Waals surface area contributed by atoms with Gasteiger partial charge in [-0.2, -0.15) is 5.10 Å². The smallest absolute Gasteiger partial charge is 0.156 e. The number of H-pyrrole nitrogens is 1. The highest BCUT2D eigenvalue weighted by molar-refractivity contribution is 5.00. The summed E-state index contributed by atoms with van der Waals surface area (Å²) in [6.45, 7) is -0.463. The Labute approximate surface area is 90.5 Å². The molecule has 0 saturated carbocycles. The molecule has 1 fully saturated rings. The van der Waals surface area contributed by atoms with E-state index in [-0.39, 0.29) is 5.82 Å². The van der Waals surface area contributed by atoms with Gasteiger partial charge in [-0.3, -0.25) is 5.10 Å². The van der Waals surface area contributed by atoms with E-state index in [1.165, 1.54) is 6.33 Å². The van der Waals surface area contributed by atoms with E-state index in [9.17, 15) is 15.3 Å². The average Bonchev–Trinajstić information content (AvgIpc) is 2.80. The van der Waals surface area contributed by atoms with E-state index in [0.29, 0.717) is 0 Å². The lowest BCUT2D eigenvalue weighted by atomic mass is 9.95. The molecular weight excluding hydrogens is 218 g/mol. The number of hydrogen-bond acceptors (Lipinski definition) is 7. The molecule has 1 saturated heterocycles. The van der Waals surface area contributed by atoms with E-state index >= 15 is 0 Å². The van der Waals surface area contributed by atoms with Crippen LogP contribution in [0.2, 0.25) is 0 Å². The lowest BCUT2D eigenvalue weighted by molar-refractivity contribution is -0.233. The van der Waals surface area contributed by atoms with E-state index in [4.69, 9.17) is 9.84 Å². The SMILES string of the molecule is OC[C@H]1O[C@@H](c2ncn[nH]2)[C@H](O)[C@@H](O)[C@H]1O. The van der Waals surface area contributed by atoms with Crippen molar-refractivity contribution >= 4 is 0 Å². The van der Waals surface area contributed by atoms with Gasteiger partial charge in [0.2, 0.25) is 0 Å². The Balaban J connectivity index is 2.20. The molecule has 1 aliphatic rings. The van der Waals surface area contributed by atoms with Gasteiger partial charge in [0.25, 0.3) is 0 Å². The van der Waals surface area contributed by atoms with E-state index in [2.05, 4.69) is 15.2 Å². The zero-order valence-electron chi connectivity index (χ0n) is 8.26. The number of ether oxygens (including phenoxy) is 1. The molecule has 8 nitrogen and oxygen atoms in total. The summed E-state index contributed by atoms with van der Waals surface area (Å²) < 4.78 is 5.23. The number of rotatable bonds is 2. The molecule has 16 heavy (non-hydrogen) atoms. The van der Waals surface area contributed by atoms with Gasteiger partial charge in [-0.25, -0.2) is 4.98 Å². The fourth-order valence-electron chi connectivity index (χ4n) is 1.68. The molecule has 2 heterocycles. The first-order valence-corrected chi connectivity index (χ1v) is 4.81. The number of aliphatic hydroxyl groups is 4. The van der Waals surface area contributed by atoms with Crippen LogP contribution in [-0.2, 0) is 4.74 Å². The second-order valence-electron chi connectivity index (χ2n) is 3.62. The first-order chi connectivity index (χ1) is 7.65. The summed E-state index contributed by atoms with van der Waals surface area (Å²) in [5, 5.41) is 43.8. The summed E-state index contributed by atoms with van der Waals surface area (Å²) in [5.74, 6) is 0.233. The fraction of sp³-hybridized carbons (Fsp3) is 0.750. The average molecular weight is 231 g/mol. The number of aliphatic hydroxyl groups excluding tert-OH is 4. The number of nitrogens with one attached hydrogen (secondary N) is 1. The van der Waals surface area contributed by atoms with Gasteiger partial charge in [0.1, 0.15) is 36.8 Å². The largest absolute Gasteiger partial charge is 0.394 e. The molecule has 0 radical (unpaired) electrons. The van der Waals surface area contributed by atoms with Crippen LogP contribution >= 0.6 is 0 Å². The molecule has 0 unspecified atom stereocenters. The quantitative estimate of drug-likeness (QED) is 0.374. The Hall–Kier alpha value is -1.06. The molecule has 0 aliphatic carbocycles. The predicted octanol–water partition coefficient (Wildman–Crippen LogP) is -2.68. The molecular formula is C8H13N3O5. The first-order valence-electron chi connectivity index (χ1n) is 4.81.